The highest BCUT2D eigenvalue weighted by Crippen LogP contribution is 2.28. The summed E-state index contributed by atoms with van der Waals surface area (Å²) in [5.74, 6) is 0.343. The Hall–Kier alpha value is -0.370. The lowest BCUT2D eigenvalue weighted by molar-refractivity contribution is -0.110. The van der Waals surface area contributed by atoms with Gasteiger partial charge in [0.15, 0.2) is 0 Å². The van der Waals surface area contributed by atoms with Crippen molar-refractivity contribution in [2.45, 2.75) is 31.7 Å². The third-order valence-electron chi connectivity index (χ3n) is 3.04. The summed E-state index contributed by atoms with van der Waals surface area (Å²) >= 11 is 0. The lowest BCUT2D eigenvalue weighted by Crippen LogP contribution is -2.38. The number of likely N-dealkylation sites (tertiary alicyclic amines) is 1. The van der Waals surface area contributed by atoms with Crippen LogP contribution in [-0.4, -0.2) is 30.3 Å². The van der Waals surface area contributed by atoms with Crippen LogP contribution >= 0.6 is 0 Å². The standard InChI is InChI=1S/C9H15NO/c11-7-8-4-5-10(6-8)9-2-1-3-9/h7-9H,1-6H2. The zero-order valence-corrected chi connectivity index (χ0v) is 6.83. The van der Waals surface area contributed by atoms with E-state index in [2.05, 4.69) is 4.90 Å². The highest BCUT2D eigenvalue weighted by Gasteiger charge is 2.30. The van der Waals surface area contributed by atoms with Gasteiger partial charge in [-0.25, -0.2) is 0 Å². The number of nitrogens with zero attached hydrogens (tertiary/aromatic N) is 1. The minimum atomic E-state index is 0.343. The van der Waals surface area contributed by atoms with E-state index in [0.29, 0.717) is 5.92 Å². The lowest BCUT2D eigenvalue weighted by atomic mass is 9.92. The second kappa shape index (κ2) is 2.94. The van der Waals surface area contributed by atoms with Crippen molar-refractivity contribution in [3.63, 3.8) is 0 Å². The minimum Gasteiger partial charge on any atom is -0.303 e. The molecular weight excluding hydrogens is 138 g/mol. The predicted octanol–water partition coefficient (Wildman–Crippen LogP) is 1.06. The van der Waals surface area contributed by atoms with Gasteiger partial charge in [-0.2, -0.15) is 0 Å². The van der Waals surface area contributed by atoms with Gasteiger partial charge < -0.3 is 4.79 Å². The summed E-state index contributed by atoms with van der Waals surface area (Å²) < 4.78 is 0. The van der Waals surface area contributed by atoms with Crippen LogP contribution in [0, 0.1) is 5.92 Å². The van der Waals surface area contributed by atoms with Gasteiger partial charge in [-0.3, -0.25) is 4.90 Å². The van der Waals surface area contributed by atoms with Crippen molar-refractivity contribution in [2.75, 3.05) is 13.1 Å². The van der Waals surface area contributed by atoms with Crippen LogP contribution in [0.2, 0.25) is 0 Å². The molecule has 0 amide bonds. The maximum Gasteiger partial charge on any atom is 0.124 e. The fraction of sp³-hybridized carbons (Fsp3) is 0.889. The van der Waals surface area contributed by atoms with Crippen molar-refractivity contribution in [1.29, 1.82) is 0 Å². The normalized spacial score (nSPS) is 33.6. The maximum atomic E-state index is 10.5. The molecule has 2 rings (SSSR count). The Morgan fingerprint density at radius 3 is 2.55 bits per heavy atom. The first-order valence-electron chi connectivity index (χ1n) is 4.59. The number of rotatable bonds is 2. The Balaban J connectivity index is 1.83. The van der Waals surface area contributed by atoms with Crippen molar-refractivity contribution in [2.24, 2.45) is 5.92 Å². The van der Waals surface area contributed by atoms with E-state index in [9.17, 15) is 4.79 Å². The number of carbonyl (C=O) groups excluding carboxylic acids is 1. The average Bonchev–Trinajstić information content (AvgIpc) is 2.32. The predicted molar refractivity (Wildman–Crippen MR) is 43.4 cm³/mol. The first-order valence-corrected chi connectivity index (χ1v) is 4.59. The van der Waals surface area contributed by atoms with Gasteiger partial charge in [0, 0.05) is 18.5 Å². The Kier molecular flexibility index (Phi) is 1.95. The average molecular weight is 153 g/mol. The molecule has 2 aliphatic rings. The lowest BCUT2D eigenvalue weighted by Gasteiger charge is -2.34. The van der Waals surface area contributed by atoms with E-state index in [4.69, 9.17) is 0 Å². The van der Waals surface area contributed by atoms with E-state index >= 15 is 0 Å². The second-order valence-corrected chi connectivity index (χ2v) is 3.76. The zero-order chi connectivity index (χ0) is 7.68. The molecule has 0 radical (unpaired) electrons. The Labute approximate surface area is 67.6 Å². The number of hydrogen-bond acceptors (Lipinski definition) is 2. The zero-order valence-electron chi connectivity index (χ0n) is 6.83. The van der Waals surface area contributed by atoms with E-state index in [1.807, 2.05) is 0 Å². The second-order valence-electron chi connectivity index (χ2n) is 3.76. The summed E-state index contributed by atoms with van der Waals surface area (Å²) in [5, 5.41) is 0. The van der Waals surface area contributed by atoms with Crippen LogP contribution < -0.4 is 0 Å². The van der Waals surface area contributed by atoms with Crippen LogP contribution in [0.5, 0.6) is 0 Å². The SMILES string of the molecule is O=CC1CCN(C2CCC2)C1. The first-order chi connectivity index (χ1) is 5.40. The highest BCUT2D eigenvalue weighted by atomic mass is 16.1. The topological polar surface area (TPSA) is 20.3 Å². The van der Waals surface area contributed by atoms with Crippen LogP contribution in [0.15, 0.2) is 0 Å². The molecule has 1 heterocycles. The third kappa shape index (κ3) is 1.32. The molecular formula is C9H15NO. The van der Waals surface area contributed by atoms with Gasteiger partial charge in [-0.1, -0.05) is 6.42 Å². The van der Waals surface area contributed by atoms with Crippen LogP contribution in [0.1, 0.15) is 25.7 Å². The molecule has 1 unspecified atom stereocenters. The summed E-state index contributed by atoms with van der Waals surface area (Å²) in [6.07, 6.45) is 6.35. The number of carbonyl (C=O) groups is 1. The molecule has 1 atom stereocenters. The fourth-order valence-electron chi connectivity index (χ4n) is 2.01. The summed E-state index contributed by atoms with van der Waals surface area (Å²) in [7, 11) is 0. The first kappa shape index (κ1) is 7.29. The molecule has 2 nitrogen and oxygen atoms in total. The molecule has 1 saturated heterocycles. The molecule has 0 aromatic heterocycles. The number of aldehydes is 1. The minimum absolute atomic E-state index is 0.343. The smallest absolute Gasteiger partial charge is 0.124 e. The van der Waals surface area contributed by atoms with Gasteiger partial charge in [-0.05, 0) is 25.8 Å². The molecule has 0 spiro atoms. The van der Waals surface area contributed by atoms with Crippen molar-refractivity contribution in [1.82, 2.24) is 4.90 Å². The molecule has 1 saturated carbocycles. The summed E-state index contributed by atoms with van der Waals surface area (Å²) in [5.41, 5.74) is 0. The summed E-state index contributed by atoms with van der Waals surface area (Å²) in [4.78, 5) is 12.9. The van der Waals surface area contributed by atoms with Gasteiger partial charge >= 0.3 is 0 Å². The molecule has 1 aliphatic carbocycles. The third-order valence-corrected chi connectivity index (χ3v) is 3.04. The summed E-state index contributed by atoms with van der Waals surface area (Å²) in [6, 6.07) is 0.833. The van der Waals surface area contributed by atoms with Crippen molar-refractivity contribution in [3.05, 3.63) is 0 Å². The summed E-state index contributed by atoms with van der Waals surface area (Å²) in [6.45, 7) is 2.20. The van der Waals surface area contributed by atoms with Gasteiger partial charge in [0.2, 0.25) is 0 Å². The molecule has 2 heteroatoms. The van der Waals surface area contributed by atoms with Gasteiger partial charge in [0.1, 0.15) is 6.29 Å². The monoisotopic (exact) mass is 153 g/mol. The number of hydrogen-bond donors (Lipinski definition) is 0. The van der Waals surface area contributed by atoms with Gasteiger partial charge in [0.05, 0.1) is 0 Å². The van der Waals surface area contributed by atoms with Gasteiger partial charge in [0.25, 0.3) is 0 Å². The molecule has 0 bridgehead atoms. The van der Waals surface area contributed by atoms with E-state index < -0.39 is 0 Å². The quantitative estimate of drug-likeness (QED) is 0.553. The van der Waals surface area contributed by atoms with E-state index in [0.717, 1.165) is 31.8 Å². The van der Waals surface area contributed by atoms with E-state index in [-0.39, 0.29) is 0 Å². The Bertz CT molecular complexity index is 154. The fourth-order valence-corrected chi connectivity index (χ4v) is 2.01. The Morgan fingerprint density at radius 1 is 1.27 bits per heavy atom. The van der Waals surface area contributed by atoms with Gasteiger partial charge in [-0.15, -0.1) is 0 Å². The molecule has 62 valence electrons. The Morgan fingerprint density at radius 2 is 2.09 bits per heavy atom. The van der Waals surface area contributed by atoms with Crippen molar-refractivity contribution in [3.8, 4) is 0 Å². The van der Waals surface area contributed by atoms with Crippen LogP contribution in [0.3, 0.4) is 0 Å². The highest BCUT2D eigenvalue weighted by molar-refractivity contribution is 5.54. The van der Waals surface area contributed by atoms with Crippen LogP contribution in [-0.2, 0) is 4.79 Å². The van der Waals surface area contributed by atoms with Crippen molar-refractivity contribution < 1.29 is 4.79 Å². The van der Waals surface area contributed by atoms with E-state index in [1.54, 1.807) is 0 Å². The molecule has 11 heavy (non-hydrogen) atoms. The van der Waals surface area contributed by atoms with Crippen LogP contribution in [0.25, 0.3) is 0 Å². The molecule has 2 fully saturated rings. The molecule has 0 N–H and O–H groups in total. The molecule has 1 aliphatic heterocycles. The largest absolute Gasteiger partial charge is 0.303 e. The maximum absolute atomic E-state index is 10.5. The molecule has 0 aromatic carbocycles. The van der Waals surface area contributed by atoms with E-state index in [1.165, 1.54) is 19.3 Å². The van der Waals surface area contributed by atoms with Crippen molar-refractivity contribution >= 4 is 6.29 Å². The van der Waals surface area contributed by atoms with Crippen LogP contribution in [0.4, 0.5) is 0 Å². The molecule has 0 aromatic rings.